The van der Waals surface area contributed by atoms with Crippen LogP contribution in [-0.2, 0) is 16.0 Å². The van der Waals surface area contributed by atoms with Gasteiger partial charge in [-0.3, -0.25) is 4.79 Å². The Labute approximate surface area is 150 Å². The third kappa shape index (κ3) is 6.57. The Morgan fingerprint density at radius 2 is 2.17 bits per heavy atom. The Morgan fingerprint density at radius 3 is 2.83 bits per heavy atom. The molecule has 1 aromatic rings. The molecule has 136 valence electrons. The molecule has 1 aliphatic heterocycles. The Bertz CT molecular complexity index is 504. The molecule has 0 aromatic heterocycles. The predicted octanol–water partition coefficient (Wildman–Crippen LogP) is 2.99. The van der Waals surface area contributed by atoms with E-state index < -0.39 is 0 Å². The van der Waals surface area contributed by atoms with E-state index in [1.54, 1.807) is 7.11 Å². The molecule has 24 heavy (non-hydrogen) atoms. The summed E-state index contributed by atoms with van der Waals surface area (Å²) in [7, 11) is 1.64. The number of piperidine rings is 1. The van der Waals surface area contributed by atoms with E-state index >= 15 is 0 Å². The number of esters is 1. The smallest absolute Gasteiger partial charge is 0.306 e. The average molecular weight is 358 g/mol. The van der Waals surface area contributed by atoms with Crippen LogP contribution in [0.4, 0.5) is 0 Å². The van der Waals surface area contributed by atoms with Gasteiger partial charge < -0.3 is 19.5 Å². The topological polar surface area (TPSA) is 56.8 Å². The zero-order valence-corrected chi connectivity index (χ0v) is 15.3. The van der Waals surface area contributed by atoms with Gasteiger partial charge in [0.1, 0.15) is 0 Å². The lowest BCUT2D eigenvalue weighted by atomic mass is 10.0. The average Bonchev–Trinajstić information content (AvgIpc) is 2.59. The molecule has 1 fully saturated rings. The van der Waals surface area contributed by atoms with Gasteiger partial charge in [0.15, 0.2) is 11.5 Å². The summed E-state index contributed by atoms with van der Waals surface area (Å²) < 4.78 is 16.3. The first-order chi connectivity index (χ1) is 11.2. The van der Waals surface area contributed by atoms with Crippen molar-refractivity contribution in [1.82, 2.24) is 5.32 Å². The van der Waals surface area contributed by atoms with E-state index in [-0.39, 0.29) is 18.4 Å². The van der Waals surface area contributed by atoms with E-state index in [4.69, 9.17) is 14.2 Å². The van der Waals surface area contributed by atoms with Crippen molar-refractivity contribution in [3.63, 3.8) is 0 Å². The zero-order valence-electron chi connectivity index (χ0n) is 14.5. The minimum atomic E-state index is -0.170. The fourth-order valence-electron chi connectivity index (χ4n) is 2.74. The summed E-state index contributed by atoms with van der Waals surface area (Å²) in [5, 5.41) is 3.39. The highest BCUT2D eigenvalue weighted by Crippen LogP contribution is 2.29. The molecule has 1 saturated heterocycles. The Morgan fingerprint density at radius 1 is 1.33 bits per heavy atom. The van der Waals surface area contributed by atoms with Crippen LogP contribution in [0.3, 0.4) is 0 Å². The normalized spacial score (nSPS) is 16.8. The van der Waals surface area contributed by atoms with Gasteiger partial charge in [-0.1, -0.05) is 6.07 Å². The molecule has 2 rings (SSSR count). The molecule has 5 nitrogen and oxygen atoms in total. The molecule has 1 N–H and O–H groups in total. The Hall–Kier alpha value is -1.46. The Kier molecular flexibility index (Phi) is 9.57. The van der Waals surface area contributed by atoms with Crippen molar-refractivity contribution in [3.05, 3.63) is 23.8 Å². The molecule has 0 spiro atoms. The van der Waals surface area contributed by atoms with Gasteiger partial charge >= 0.3 is 5.97 Å². The number of halogens is 1. The highest BCUT2D eigenvalue weighted by atomic mass is 35.5. The molecule has 0 amide bonds. The van der Waals surface area contributed by atoms with E-state index in [9.17, 15) is 4.79 Å². The van der Waals surface area contributed by atoms with Gasteiger partial charge in [-0.05, 0) is 50.4 Å². The van der Waals surface area contributed by atoms with Crippen LogP contribution in [-0.4, -0.2) is 39.4 Å². The number of aryl methyl sites for hydroxylation is 1. The van der Waals surface area contributed by atoms with Crippen molar-refractivity contribution in [1.29, 1.82) is 0 Å². The van der Waals surface area contributed by atoms with Gasteiger partial charge in [-0.2, -0.15) is 0 Å². The van der Waals surface area contributed by atoms with E-state index in [1.807, 2.05) is 25.1 Å². The number of hydrogen-bond donors (Lipinski definition) is 1. The molecule has 1 atom stereocenters. The number of ether oxygens (including phenoxy) is 3. The summed E-state index contributed by atoms with van der Waals surface area (Å²) in [6.07, 6.45) is 3.43. The fourth-order valence-corrected chi connectivity index (χ4v) is 2.74. The summed E-state index contributed by atoms with van der Waals surface area (Å²) in [4.78, 5) is 11.4. The molecule has 1 aliphatic rings. The monoisotopic (exact) mass is 357 g/mol. The van der Waals surface area contributed by atoms with Gasteiger partial charge in [0.25, 0.3) is 0 Å². The third-order valence-corrected chi connectivity index (χ3v) is 4.02. The van der Waals surface area contributed by atoms with Crippen LogP contribution in [0.25, 0.3) is 0 Å². The number of methoxy groups -OCH3 is 1. The lowest BCUT2D eigenvalue weighted by Gasteiger charge is -2.23. The molecular formula is C18H28ClNO4. The van der Waals surface area contributed by atoms with Crippen LogP contribution < -0.4 is 14.8 Å². The zero-order chi connectivity index (χ0) is 16.5. The van der Waals surface area contributed by atoms with Crippen LogP contribution in [0.1, 0.15) is 31.7 Å². The summed E-state index contributed by atoms with van der Waals surface area (Å²) in [6.45, 7) is 5.06. The van der Waals surface area contributed by atoms with Crippen LogP contribution in [0.15, 0.2) is 18.2 Å². The van der Waals surface area contributed by atoms with Crippen LogP contribution in [0.5, 0.6) is 11.5 Å². The minimum Gasteiger partial charge on any atom is -0.493 e. The van der Waals surface area contributed by atoms with E-state index in [0.717, 1.165) is 30.2 Å². The fraction of sp³-hybridized carbons (Fsp3) is 0.611. The summed E-state index contributed by atoms with van der Waals surface area (Å²) in [5.74, 6) is 1.86. The number of carbonyl (C=O) groups excluding carboxylic acids is 1. The number of rotatable bonds is 8. The molecule has 0 saturated carbocycles. The van der Waals surface area contributed by atoms with Crippen LogP contribution >= 0.6 is 12.4 Å². The SMILES string of the molecule is CCOC(=O)CCc1ccc(OCC2CCCNC2)c(OC)c1.Cl. The summed E-state index contributed by atoms with van der Waals surface area (Å²) >= 11 is 0. The van der Waals surface area contributed by atoms with Gasteiger partial charge in [0.2, 0.25) is 0 Å². The van der Waals surface area contributed by atoms with Crippen LogP contribution in [0, 0.1) is 5.92 Å². The third-order valence-electron chi connectivity index (χ3n) is 4.02. The van der Waals surface area contributed by atoms with E-state index in [2.05, 4.69) is 5.32 Å². The predicted molar refractivity (Wildman–Crippen MR) is 96.3 cm³/mol. The number of carbonyl (C=O) groups is 1. The van der Waals surface area contributed by atoms with Gasteiger partial charge in [0, 0.05) is 18.9 Å². The molecule has 6 heteroatoms. The highest BCUT2D eigenvalue weighted by Gasteiger charge is 2.15. The van der Waals surface area contributed by atoms with Crippen molar-refractivity contribution in [2.75, 3.05) is 33.4 Å². The Balaban J connectivity index is 0.00000288. The molecule has 0 radical (unpaired) electrons. The second-order valence-electron chi connectivity index (χ2n) is 5.81. The minimum absolute atomic E-state index is 0. The van der Waals surface area contributed by atoms with Crippen molar-refractivity contribution >= 4 is 18.4 Å². The first-order valence-electron chi connectivity index (χ1n) is 8.39. The molecule has 1 unspecified atom stereocenters. The number of nitrogens with one attached hydrogen (secondary N) is 1. The number of benzene rings is 1. The van der Waals surface area contributed by atoms with Crippen molar-refractivity contribution in [2.24, 2.45) is 5.92 Å². The molecular weight excluding hydrogens is 330 g/mol. The van der Waals surface area contributed by atoms with Crippen molar-refractivity contribution < 1.29 is 19.0 Å². The van der Waals surface area contributed by atoms with Crippen LogP contribution in [0.2, 0.25) is 0 Å². The van der Waals surface area contributed by atoms with Gasteiger partial charge in [-0.25, -0.2) is 0 Å². The molecule has 1 heterocycles. The van der Waals surface area contributed by atoms with Crippen molar-refractivity contribution in [2.45, 2.75) is 32.6 Å². The van der Waals surface area contributed by atoms with E-state index in [1.165, 1.54) is 12.8 Å². The lowest BCUT2D eigenvalue weighted by Crippen LogP contribution is -2.33. The summed E-state index contributed by atoms with van der Waals surface area (Å²) in [5.41, 5.74) is 1.04. The standard InChI is InChI=1S/C18H27NO4.ClH/c1-3-22-18(20)9-7-14-6-8-16(17(11-14)21-2)23-13-15-5-4-10-19-12-15;/h6,8,11,15,19H,3-5,7,9-10,12-13H2,1-2H3;1H. The maximum atomic E-state index is 11.4. The maximum absolute atomic E-state index is 11.4. The summed E-state index contributed by atoms with van der Waals surface area (Å²) in [6, 6.07) is 5.85. The second-order valence-corrected chi connectivity index (χ2v) is 5.81. The number of hydrogen-bond acceptors (Lipinski definition) is 5. The van der Waals surface area contributed by atoms with Crippen molar-refractivity contribution in [3.8, 4) is 11.5 Å². The molecule has 0 bridgehead atoms. The lowest BCUT2D eigenvalue weighted by molar-refractivity contribution is -0.143. The maximum Gasteiger partial charge on any atom is 0.306 e. The quantitative estimate of drug-likeness (QED) is 0.725. The first-order valence-corrected chi connectivity index (χ1v) is 8.39. The first kappa shape index (κ1) is 20.6. The highest BCUT2D eigenvalue weighted by molar-refractivity contribution is 5.85. The van der Waals surface area contributed by atoms with Gasteiger partial charge in [0.05, 0.1) is 20.3 Å². The molecule has 0 aliphatic carbocycles. The van der Waals surface area contributed by atoms with E-state index in [0.29, 0.717) is 32.0 Å². The second kappa shape index (κ2) is 11.2. The largest absolute Gasteiger partial charge is 0.493 e. The molecule has 1 aromatic carbocycles. The van der Waals surface area contributed by atoms with Gasteiger partial charge in [-0.15, -0.1) is 12.4 Å².